The summed E-state index contributed by atoms with van der Waals surface area (Å²) >= 11 is 0. The van der Waals surface area contributed by atoms with Gasteiger partial charge in [0.2, 0.25) is 0 Å². The summed E-state index contributed by atoms with van der Waals surface area (Å²) in [4.78, 5) is 15.9. The van der Waals surface area contributed by atoms with Crippen LogP contribution in [0.4, 0.5) is 15.9 Å². The molecular weight excluding hydrogens is 247 g/mol. The summed E-state index contributed by atoms with van der Waals surface area (Å²) in [6.07, 6.45) is 1.46. The van der Waals surface area contributed by atoms with Crippen LogP contribution >= 0.6 is 0 Å². The Morgan fingerprint density at radius 1 is 1.32 bits per heavy atom. The molecule has 2 aromatic rings. The molecule has 0 saturated carbocycles. The Kier molecular flexibility index (Phi) is 3.72. The Balaban J connectivity index is 2.22. The van der Waals surface area contributed by atoms with Gasteiger partial charge in [0, 0.05) is 17.4 Å². The summed E-state index contributed by atoms with van der Waals surface area (Å²) < 4.78 is 13.1. The second-order valence-corrected chi connectivity index (χ2v) is 3.99. The van der Waals surface area contributed by atoms with Gasteiger partial charge in [-0.2, -0.15) is 0 Å². The maximum Gasteiger partial charge on any atom is 0.255 e. The maximum atomic E-state index is 13.1. The highest BCUT2D eigenvalue weighted by Crippen LogP contribution is 2.17. The number of carbonyl (C=O) groups excluding carboxylic acids is 1. The molecule has 1 heterocycles. The molecule has 0 spiro atoms. The Morgan fingerprint density at radius 2 is 2.11 bits per heavy atom. The maximum absolute atomic E-state index is 13.1. The monoisotopic (exact) mass is 260 g/mol. The zero-order chi connectivity index (χ0) is 13.8. The molecule has 19 heavy (non-hydrogen) atoms. The van der Waals surface area contributed by atoms with E-state index in [0.717, 1.165) is 5.56 Å². The van der Waals surface area contributed by atoms with Crippen LogP contribution in [-0.2, 0) is 0 Å². The third-order valence-electron chi connectivity index (χ3n) is 2.62. The summed E-state index contributed by atoms with van der Waals surface area (Å²) in [5.41, 5.74) is 3.95. The van der Waals surface area contributed by atoms with Gasteiger partial charge in [-0.05, 0) is 36.8 Å². The number of nitrogen functional groups attached to an aromatic ring is 1. The molecule has 98 valence electrons. The van der Waals surface area contributed by atoms with Crippen molar-refractivity contribution >= 4 is 17.4 Å². The SMILES string of the molecule is Cc1ccc(F)cc1NC(=O)c1ccnc(NN)c1. The lowest BCUT2D eigenvalue weighted by Crippen LogP contribution is -2.15. The van der Waals surface area contributed by atoms with Crippen molar-refractivity contribution in [2.24, 2.45) is 5.84 Å². The number of hydrogen-bond acceptors (Lipinski definition) is 4. The number of anilines is 2. The van der Waals surface area contributed by atoms with Gasteiger partial charge in [-0.3, -0.25) is 4.79 Å². The van der Waals surface area contributed by atoms with Gasteiger partial charge in [-0.1, -0.05) is 6.07 Å². The van der Waals surface area contributed by atoms with Crippen molar-refractivity contribution < 1.29 is 9.18 Å². The topological polar surface area (TPSA) is 80.0 Å². The largest absolute Gasteiger partial charge is 0.322 e. The molecule has 0 bridgehead atoms. The van der Waals surface area contributed by atoms with E-state index < -0.39 is 5.82 Å². The summed E-state index contributed by atoms with van der Waals surface area (Å²) in [6.45, 7) is 1.79. The molecule has 0 fully saturated rings. The number of hydrogen-bond donors (Lipinski definition) is 3. The van der Waals surface area contributed by atoms with E-state index >= 15 is 0 Å². The molecule has 2 rings (SSSR count). The molecule has 0 aliphatic carbocycles. The van der Waals surface area contributed by atoms with E-state index in [-0.39, 0.29) is 5.91 Å². The fourth-order valence-electron chi connectivity index (χ4n) is 1.57. The molecule has 0 unspecified atom stereocenters. The first kappa shape index (κ1) is 13.0. The van der Waals surface area contributed by atoms with Gasteiger partial charge in [0.05, 0.1) is 0 Å². The Labute approximate surface area is 109 Å². The molecule has 0 aliphatic rings. The summed E-state index contributed by atoms with van der Waals surface area (Å²) in [5, 5.41) is 2.64. The molecule has 6 heteroatoms. The molecule has 0 radical (unpaired) electrons. The Hall–Kier alpha value is -2.47. The van der Waals surface area contributed by atoms with E-state index in [9.17, 15) is 9.18 Å². The highest BCUT2D eigenvalue weighted by Gasteiger charge is 2.09. The smallest absolute Gasteiger partial charge is 0.255 e. The second kappa shape index (κ2) is 5.45. The van der Waals surface area contributed by atoms with Crippen molar-refractivity contribution in [3.8, 4) is 0 Å². The van der Waals surface area contributed by atoms with Gasteiger partial charge in [0.1, 0.15) is 11.6 Å². The highest BCUT2D eigenvalue weighted by atomic mass is 19.1. The lowest BCUT2D eigenvalue weighted by Gasteiger charge is -2.09. The first-order valence-corrected chi connectivity index (χ1v) is 5.60. The predicted octanol–water partition coefficient (Wildman–Crippen LogP) is 2.07. The summed E-state index contributed by atoms with van der Waals surface area (Å²) in [7, 11) is 0. The van der Waals surface area contributed by atoms with E-state index in [1.807, 2.05) is 0 Å². The molecule has 0 saturated heterocycles. The average Bonchev–Trinajstić information content (AvgIpc) is 2.43. The van der Waals surface area contributed by atoms with E-state index in [1.54, 1.807) is 19.1 Å². The molecular formula is C13H13FN4O. The quantitative estimate of drug-likeness (QED) is 0.583. The van der Waals surface area contributed by atoms with Crippen LogP contribution in [0, 0.1) is 12.7 Å². The van der Waals surface area contributed by atoms with Crippen LogP contribution in [0.25, 0.3) is 0 Å². The van der Waals surface area contributed by atoms with Crippen molar-refractivity contribution in [1.82, 2.24) is 4.98 Å². The molecule has 1 aromatic heterocycles. The standard InChI is InChI=1S/C13H13FN4O/c1-8-2-3-10(14)7-11(8)17-13(19)9-4-5-16-12(6-9)18-15/h2-7H,15H2,1H3,(H,16,18)(H,17,19). The molecule has 1 amide bonds. The molecule has 0 aliphatic heterocycles. The lowest BCUT2D eigenvalue weighted by atomic mass is 10.2. The van der Waals surface area contributed by atoms with Crippen molar-refractivity contribution in [1.29, 1.82) is 0 Å². The van der Waals surface area contributed by atoms with Crippen LogP contribution in [0.3, 0.4) is 0 Å². The lowest BCUT2D eigenvalue weighted by molar-refractivity contribution is 0.102. The van der Waals surface area contributed by atoms with Gasteiger partial charge < -0.3 is 10.7 Å². The number of hydrazine groups is 1. The van der Waals surface area contributed by atoms with Crippen LogP contribution in [0.15, 0.2) is 36.5 Å². The number of carbonyl (C=O) groups is 1. The number of nitrogens with one attached hydrogen (secondary N) is 2. The predicted molar refractivity (Wildman–Crippen MR) is 71.1 cm³/mol. The van der Waals surface area contributed by atoms with Crippen LogP contribution in [0.5, 0.6) is 0 Å². The fourth-order valence-corrected chi connectivity index (χ4v) is 1.57. The number of aryl methyl sites for hydroxylation is 1. The van der Waals surface area contributed by atoms with Crippen molar-refractivity contribution in [2.75, 3.05) is 10.7 Å². The van der Waals surface area contributed by atoms with Gasteiger partial charge >= 0.3 is 0 Å². The fraction of sp³-hybridized carbons (Fsp3) is 0.0769. The van der Waals surface area contributed by atoms with Gasteiger partial charge in [0.15, 0.2) is 0 Å². The molecule has 5 nitrogen and oxygen atoms in total. The number of benzene rings is 1. The summed E-state index contributed by atoms with van der Waals surface area (Å²) in [6, 6.07) is 7.27. The Bertz CT molecular complexity index is 615. The number of aromatic nitrogens is 1. The highest BCUT2D eigenvalue weighted by molar-refractivity contribution is 6.05. The second-order valence-electron chi connectivity index (χ2n) is 3.99. The van der Waals surface area contributed by atoms with E-state index in [4.69, 9.17) is 5.84 Å². The van der Waals surface area contributed by atoms with Crippen molar-refractivity contribution in [3.05, 3.63) is 53.5 Å². The molecule has 1 aromatic carbocycles. The van der Waals surface area contributed by atoms with Crippen LogP contribution < -0.4 is 16.6 Å². The van der Waals surface area contributed by atoms with Crippen molar-refractivity contribution in [3.63, 3.8) is 0 Å². The van der Waals surface area contributed by atoms with E-state index in [2.05, 4.69) is 15.7 Å². The van der Waals surface area contributed by atoms with Crippen LogP contribution in [-0.4, -0.2) is 10.9 Å². The van der Waals surface area contributed by atoms with Gasteiger partial charge in [0.25, 0.3) is 5.91 Å². The van der Waals surface area contributed by atoms with Crippen LogP contribution in [0.2, 0.25) is 0 Å². The molecule has 0 atom stereocenters. The number of halogens is 1. The van der Waals surface area contributed by atoms with Crippen LogP contribution in [0.1, 0.15) is 15.9 Å². The summed E-state index contributed by atoms with van der Waals surface area (Å²) in [5.74, 6) is 4.84. The minimum Gasteiger partial charge on any atom is -0.322 e. The number of nitrogens with two attached hydrogens (primary N) is 1. The Morgan fingerprint density at radius 3 is 2.84 bits per heavy atom. The first-order chi connectivity index (χ1) is 9.10. The van der Waals surface area contributed by atoms with Gasteiger partial charge in [-0.15, -0.1) is 0 Å². The minimum atomic E-state index is -0.403. The normalized spacial score (nSPS) is 10.1. The van der Waals surface area contributed by atoms with E-state index in [0.29, 0.717) is 17.1 Å². The third-order valence-corrected chi connectivity index (χ3v) is 2.62. The first-order valence-electron chi connectivity index (χ1n) is 5.60. The van der Waals surface area contributed by atoms with Gasteiger partial charge in [-0.25, -0.2) is 15.2 Å². The van der Waals surface area contributed by atoms with Crippen molar-refractivity contribution in [2.45, 2.75) is 6.92 Å². The molecule has 4 N–H and O–H groups in total. The average molecular weight is 260 g/mol. The number of pyridine rings is 1. The minimum absolute atomic E-state index is 0.354. The number of rotatable bonds is 3. The zero-order valence-electron chi connectivity index (χ0n) is 10.3. The third kappa shape index (κ3) is 3.05. The van der Waals surface area contributed by atoms with E-state index in [1.165, 1.54) is 24.4 Å². The number of nitrogens with zero attached hydrogens (tertiary/aromatic N) is 1. The number of amides is 1. The zero-order valence-corrected chi connectivity index (χ0v) is 10.3.